The first-order valence-electron chi connectivity index (χ1n) is 8.80. The fourth-order valence-corrected chi connectivity index (χ4v) is 5.99. The SMILES string of the molecule is CON=C(C(=O)NC1C(=O)N2C(C(=O)O)=C(C)CS[C@H]12)c1csc2cc(Cl)ccc12. The number of nitrogens with one attached hydrogen (secondary N) is 1. The van der Waals surface area contributed by atoms with E-state index in [-0.39, 0.29) is 11.4 Å². The summed E-state index contributed by atoms with van der Waals surface area (Å²) in [5.41, 5.74) is 1.20. The molecule has 2 amide bonds. The number of carbonyl (C=O) groups is 3. The van der Waals surface area contributed by atoms with Crippen molar-refractivity contribution in [1.29, 1.82) is 0 Å². The van der Waals surface area contributed by atoms with Crippen LogP contribution in [0.15, 0.2) is 40.0 Å². The van der Waals surface area contributed by atoms with Crippen LogP contribution in [0, 0.1) is 0 Å². The van der Waals surface area contributed by atoms with Gasteiger partial charge < -0.3 is 15.3 Å². The second-order valence-corrected chi connectivity index (χ2v) is 9.16. The highest BCUT2D eigenvalue weighted by Gasteiger charge is 2.54. The second kappa shape index (κ2) is 7.93. The number of β-lactam (4-membered cyclic amide) rings is 1. The van der Waals surface area contributed by atoms with Gasteiger partial charge in [0.2, 0.25) is 0 Å². The van der Waals surface area contributed by atoms with E-state index in [1.807, 2.05) is 0 Å². The Hall–Kier alpha value is -2.56. The van der Waals surface area contributed by atoms with Gasteiger partial charge in [0, 0.05) is 31.8 Å². The van der Waals surface area contributed by atoms with Crippen LogP contribution >= 0.6 is 34.7 Å². The van der Waals surface area contributed by atoms with Gasteiger partial charge in [-0.1, -0.05) is 22.8 Å². The highest BCUT2D eigenvalue weighted by atomic mass is 35.5. The first-order valence-corrected chi connectivity index (χ1v) is 11.1. The van der Waals surface area contributed by atoms with E-state index < -0.39 is 29.2 Å². The Bertz CT molecular complexity index is 1140. The number of thioether (sulfide) groups is 1. The topological polar surface area (TPSA) is 108 Å². The molecule has 1 aromatic heterocycles. The quantitative estimate of drug-likeness (QED) is 0.399. The van der Waals surface area contributed by atoms with Crippen LogP contribution in [0.5, 0.6) is 0 Å². The Balaban J connectivity index is 1.59. The van der Waals surface area contributed by atoms with Crippen molar-refractivity contribution in [2.45, 2.75) is 18.3 Å². The maximum atomic E-state index is 13.0. The molecule has 2 aromatic rings. The number of amides is 2. The number of nitrogens with zero attached hydrogens (tertiary/aromatic N) is 2. The summed E-state index contributed by atoms with van der Waals surface area (Å²) < 4.78 is 0.884. The van der Waals surface area contributed by atoms with Gasteiger partial charge in [-0.3, -0.25) is 14.5 Å². The summed E-state index contributed by atoms with van der Waals surface area (Å²) in [5.74, 6) is -1.72. The molecule has 1 saturated heterocycles. The minimum atomic E-state index is -1.15. The van der Waals surface area contributed by atoms with E-state index in [1.165, 1.54) is 35.1 Å². The molecule has 30 heavy (non-hydrogen) atoms. The van der Waals surface area contributed by atoms with E-state index in [1.54, 1.807) is 30.5 Å². The summed E-state index contributed by atoms with van der Waals surface area (Å²) in [4.78, 5) is 43.3. The van der Waals surface area contributed by atoms with E-state index in [4.69, 9.17) is 16.4 Å². The van der Waals surface area contributed by atoms with Gasteiger partial charge in [0.1, 0.15) is 24.2 Å². The van der Waals surface area contributed by atoms with Crippen molar-refractivity contribution in [3.05, 3.63) is 45.4 Å². The van der Waals surface area contributed by atoms with Crippen molar-refractivity contribution in [2.75, 3.05) is 12.9 Å². The highest BCUT2D eigenvalue weighted by Crippen LogP contribution is 2.40. The van der Waals surface area contributed by atoms with Crippen LogP contribution in [-0.2, 0) is 19.2 Å². The molecule has 156 valence electrons. The molecule has 2 N–H and O–H groups in total. The molecule has 0 aliphatic carbocycles. The lowest BCUT2D eigenvalue weighted by Gasteiger charge is -2.49. The maximum Gasteiger partial charge on any atom is 0.352 e. The van der Waals surface area contributed by atoms with Gasteiger partial charge in [-0.25, -0.2) is 4.79 Å². The van der Waals surface area contributed by atoms with Crippen LogP contribution in [0.1, 0.15) is 12.5 Å². The lowest BCUT2D eigenvalue weighted by atomic mass is 10.0. The number of aliphatic carboxylic acids is 1. The second-order valence-electron chi connectivity index (χ2n) is 6.71. The summed E-state index contributed by atoms with van der Waals surface area (Å²) in [6.45, 7) is 1.68. The zero-order valence-corrected chi connectivity index (χ0v) is 18.2. The number of carboxylic acids is 1. The average molecular weight is 466 g/mol. The summed E-state index contributed by atoms with van der Waals surface area (Å²) in [5, 5.41) is 18.7. The Morgan fingerprint density at radius 1 is 1.40 bits per heavy atom. The van der Waals surface area contributed by atoms with Gasteiger partial charge >= 0.3 is 5.97 Å². The highest BCUT2D eigenvalue weighted by molar-refractivity contribution is 8.00. The third-order valence-electron chi connectivity index (χ3n) is 4.84. The van der Waals surface area contributed by atoms with Gasteiger partial charge in [-0.15, -0.1) is 23.1 Å². The smallest absolute Gasteiger partial charge is 0.352 e. The molecule has 8 nitrogen and oxygen atoms in total. The monoisotopic (exact) mass is 465 g/mol. The summed E-state index contributed by atoms with van der Waals surface area (Å²) >= 11 is 8.85. The molecule has 1 unspecified atom stereocenters. The zero-order chi connectivity index (χ0) is 21.6. The lowest BCUT2D eigenvalue weighted by Crippen LogP contribution is -2.71. The van der Waals surface area contributed by atoms with Crippen molar-refractivity contribution < 1.29 is 24.3 Å². The number of benzene rings is 1. The Morgan fingerprint density at radius 3 is 2.87 bits per heavy atom. The first kappa shape index (κ1) is 20.7. The van der Waals surface area contributed by atoms with Gasteiger partial charge in [-0.05, 0) is 24.6 Å². The van der Waals surface area contributed by atoms with Crippen LogP contribution in [0.3, 0.4) is 0 Å². The third-order valence-corrected chi connectivity index (χ3v) is 7.44. The predicted octanol–water partition coefficient (Wildman–Crippen LogP) is 2.66. The van der Waals surface area contributed by atoms with Gasteiger partial charge in [0.25, 0.3) is 11.8 Å². The summed E-state index contributed by atoms with van der Waals surface area (Å²) in [7, 11) is 1.33. The minimum absolute atomic E-state index is 0.0132. The lowest BCUT2D eigenvalue weighted by molar-refractivity contribution is -0.150. The number of oxime groups is 1. The molecular weight excluding hydrogens is 450 g/mol. The predicted molar refractivity (Wildman–Crippen MR) is 116 cm³/mol. The van der Waals surface area contributed by atoms with Gasteiger partial charge in [0.05, 0.1) is 0 Å². The number of thiophene rings is 1. The summed E-state index contributed by atoms with van der Waals surface area (Å²) in [6.07, 6.45) is 0. The molecule has 0 saturated carbocycles. The van der Waals surface area contributed by atoms with E-state index in [9.17, 15) is 19.5 Å². The fourth-order valence-electron chi connectivity index (χ4n) is 3.47. The van der Waals surface area contributed by atoms with Crippen molar-refractivity contribution in [3.8, 4) is 0 Å². The van der Waals surface area contributed by atoms with E-state index in [0.29, 0.717) is 21.9 Å². The fraction of sp³-hybridized carbons (Fsp3) is 0.263. The number of rotatable bonds is 5. The molecule has 1 fully saturated rings. The van der Waals surface area contributed by atoms with Gasteiger partial charge in [0.15, 0.2) is 5.71 Å². The van der Waals surface area contributed by atoms with Crippen molar-refractivity contribution in [3.63, 3.8) is 0 Å². The Labute approximate surface area is 184 Å². The molecule has 0 spiro atoms. The largest absolute Gasteiger partial charge is 0.477 e. The molecule has 2 aliphatic heterocycles. The van der Waals surface area contributed by atoms with Gasteiger partial charge in [-0.2, -0.15) is 0 Å². The van der Waals surface area contributed by atoms with Crippen LogP contribution in [0.4, 0.5) is 0 Å². The van der Waals surface area contributed by atoms with Crippen LogP contribution in [0.25, 0.3) is 10.1 Å². The number of hydrogen-bond donors (Lipinski definition) is 2. The van der Waals surface area contributed by atoms with Crippen molar-refractivity contribution in [2.24, 2.45) is 5.16 Å². The number of carboxylic acid groups (broad SMARTS) is 1. The summed E-state index contributed by atoms with van der Waals surface area (Å²) in [6, 6.07) is 4.46. The maximum absolute atomic E-state index is 13.0. The first-order chi connectivity index (χ1) is 14.3. The molecule has 3 heterocycles. The number of carbonyl (C=O) groups excluding carboxylic acids is 2. The molecule has 11 heteroatoms. The zero-order valence-electron chi connectivity index (χ0n) is 15.8. The number of hydrogen-bond acceptors (Lipinski definition) is 7. The average Bonchev–Trinajstić information content (AvgIpc) is 3.12. The van der Waals surface area contributed by atoms with Crippen LogP contribution in [0.2, 0.25) is 5.02 Å². The molecule has 2 aliphatic rings. The van der Waals surface area contributed by atoms with E-state index >= 15 is 0 Å². The van der Waals surface area contributed by atoms with Crippen LogP contribution in [-0.4, -0.2) is 57.8 Å². The minimum Gasteiger partial charge on any atom is -0.477 e. The molecule has 0 radical (unpaired) electrons. The van der Waals surface area contributed by atoms with Crippen molar-refractivity contribution in [1.82, 2.24) is 10.2 Å². The molecule has 0 bridgehead atoms. The van der Waals surface area contributed by atoms with Crippen molar-refractivity contribution >= 4 is 68.3 Å². The molecule has 2 atom stereocenters. The number of halogens is 1. The van der Waals surface area contributed by atoms with E-state index in [2.05, 4.69) is 10.5 Å². The Kier molecular flexibility index (Phi) is 5.48. The number of fused-ring (bicyclic) bond motifs is 2. The standard InChI is InChI=1S/C19H16ClN3O5S2/c1-8-6-30-18-14(17(25)23(18)15(8)19(26)27)21-16(24)13(22-28-2)11-7-29-12-5-9(20)3-4-10(11)12/h3-5,7,14,18H,6H2,1-2H3,(H,21,24)(H,26,27)/t14?,18-/m1/s1. The van der Waals surface area contributed by atoms with E-state index in [0.717, 1.165) is 10.1 Å². The third kappa shape index (κ3) is 3.34. The Morgan fingerprint density at radius 2 is 2.17 bits per heavy atom. The molecular formula is C19H16ClN3O5S2. The molecule has 1 aromatic carbocycles. The molecule has 4 rings (SSSR count). The van der Waals surface area contributed by atoms with Crippen LogP contribution < -0.4 is 5.32 Å². The normalized spacial score (nSPS) is 21.4.